The molecule has 1 saturated heterocycles. The number of hydrogen-bond acceptors (Lipinski definition) is 4. The molecule has 1 aromatic heterocycles. The van der Waals surface area contributed by atoms with Gasteiger partial charge in [-0.2, -0.15) is 0 Å². The number of nitrogens with zero attached hydrogens (tertiary/aromatic N) is 3. The Hall–Kier alpha value is -1.92. The van der Waals surface area contributed by atoms with Crippen LogP contribution in [0.4, 0.5) is 0 Å². The van der Waals surface area contributed by atoms with Crippen LogP contribution < -0.4 is 5.32 Å². The van der Waals surface area contributed by atoms with E-state index in [4.69, 9.17) is 4.98 Å². The molecule has 6 nitrogen and oxygen atoms in total. The van der Waals surface area contributed by atoms with E-state index in [-0.39, 0.29) is 0 Å². The van der Waals surface area contributed by atoms with Crippen molar-refractivity contribution >= 4 is 17.0 Å². The van der Waals surface area contributed by atoms with E-state index in [2.05, 4.69) is 34.7 Å². The van der Waals surface area contributed by atoms with E-state index < -0.39 is 12.0 Å². The molecule has 130 valence electrons. The van der Waals surface area contributed by atoms with E-state index in [0.717, 1.165) is 36.4 Å². The Kier molecular flexibility index (Phi) is 5.16. The normalized spacial score (nSPS) is 19.2. The first-order valence-corrected chi connectivity index (χ1v) is 8.67. The summed E-state index contributed by atoms with van der Waals surface area (Å²) in [6.07, 6.45) is 1.10. The van der Waals surface area contributed by atoms with E-state index in [1.165, 1.54) is 0 Å². The van der Waals surface area contributed by atoms with Crippen molar-refractivity contribution < 1.29 is 9.90 Å². The zero-order valence-corrected chi connectivity index (χ0v) is 14.4. The predicted octanol–water partition coefficient (Wildman–Crippen LogP) is 1.94. The van der Waals surface area contributed by atoms with Gasteiger partial charge < -0.3 is 15.0 Å². The average Bonchev–Trinajstić information content (AvgIpc) is 2.90. The van der Waals surface area contributed by atoms with Crippen LogP contribution in [0.15, 0.2) is 24.3 Å². The number of carbonyl (C=O) groups is 1. The van der Waals surface area contributed by atoms with Crippen LogP contribution in [0, 0.1) is 5.92 Å². The van der Waals surface area contributed by atoms with Crippen molar-refractivity contribution in [2.45, 2.75) is 39.4 Å². The lowest BCUT2D eigenvalue weighted by Gasteiger charge is -2.31. The molecule has 0 bridgehead atoms. The molecule has 0 aliphatic carbocycles. The molecule has 0 radical (unpaired) electrons. The van der Waals surface area contributed by atoms with Crippen LogP contribution in [-0.2, 0) is 17.9 Å². The summed E-state index contributed by atoms with van der Waals surface area (Å²) in [6, 6.07) is 7.72. The smallest absolute Gasteiger partial charge is 0.322 e. The molecule has 0 amide bonds. The molecule has 1 fully saturated rings. The zero-order valence-electron chi connectivity index (χ0n) is 14.4. The molecule has 3 rings (SSSR count). The maximum absolute atomic E-state index is 11.2. The average molecular weight is 330 g/mol. The Balaban J connectivity index is 1.82. The topological polar surface area (TPSA) is 70.4 Å². The van der Waals surface area contributed by atoms with Crippen LogP contribution in [0.5, 0.6) is 0 Å². The minimum atomic E-state index is -0.784. The minimum Gasteiger partial charge on any atom is -0.480 e. The van der Waals surface area contributed by atoms with Crippen molar-refractivity contribution in [3.8, 4) is 0 Å². The highest BCUT2D eigenvalue weighted by molar-refractivity contribution is 5.76. The molecule has 1 aliphatic rings. The lowest BCUT2D eigenvalue weighted by molar-refractivity contribution is -0.140. The standard InChI is InChI=1S/C18H26N4O2/c1-13(2)7-9-22-16-6-4-3-5-14(16)20-17(22)12-21-10-8-19-15(11-21)18(23)24/h3-6,13,15,19H,7-12H2,1-2H3,(H,23,24). The van der Waals surface area contributed by atoms with Gasteiger partial charge in [-0.05, 0) is 24.5 Å². The summed E-state index contributed by atoms with van der Waals surface area (Å²) in [6.45, 7) is 8.16. The highest BCUT2D eigenvalue weighted by atomic mass is 16.4. The number of benzene rings is 1. The first-order valence-electron chi connectivity index (χ1n) is 8.67. The van der Waals surface area contributed by atoms with E-state index in [0.29, 0.717) is 25.6 Å². The number of aryl methyl sites for hydroxylation is 1. The molecule has 1 atom stereocenters. The summed E-state index contributed by atoms with van der Waals surface area (Å²) < 4.78 is 2.30. The number of rotatable bonds is 6. The second-order valence-electron chi connectivity index (χ2n) is 6.93. The third-order valence-electron chi connectivity index (χ3n) is 4.59. The number of nitrogens with one attached hydrogen (secondary N) is 1. The number of imidazole rings is 1. The van der Waals surface area contributed by atoms with Gasteiger partial charge in [-0.3, -0.25) is 9.69 Å². The van der Waals surface area contributed by atoms with Crippen LogP contribution in [0.2, 0.25) is 0 Å². The SMILES string of the molecule is CC(C)CCn1c(CN2CCNC(C(=O)O)C2)nc2ccccc21. The van der Waals surface area contributed by atoms with E-state index in [1.807, 2.05) is 18.2 Å². The van der Waals surface area contributed by atoms with Crippen molar-refractivity contribution in [3.05, 3.63) is 30.1 Å². The number of hydrogen-bond donors (Lipinski definition) is 2. The maximum atomic E-state index is 11.2. The fourth-order valence-corrected chi connectivity index (χ4v) is 3.20. The highest BCUT2D eigenvalue weighted by Crippen LogP contribution is 2.19. The number of para-hydroxylation sites is 2. The van der Waals surface area contributed by atoms with Gasteiger partial charge in [0.25, 0.3) is 0 Å². The second-order valence-corrected chi connectivity index (χ2v) is 6.93. The second kappa shape index (κ2) is 7.32. The molecular weight excluding hydrogens is 304 g/mol. The molecule has 2 N–H and O–H groups in total. The number of carboxylic acids is 1. The summed E-state index contributed by atoms with van der Waals surface area (Å²) in [5, 5.41) is 12.3. The van der Waals surface area contributed by atoms with E-state index >= 15 is 0 Å². The molecular formula is C18H26N4O2. The van der Waals surface area contributed by atoms with Gasteiger partial charge in [-0.1, -0.05) is 26.0 Å². The van der Waals surface area contributed by atoms with Crippen LogP contribution in [0.1, 0.15) is 26.1 Å². The Labute approximate surface area is 142 Å². The Morgan fingerprint density at radius 3 is 2.96 bits per heavy atom. The van der Waals surface area contributed by atoms with Gasteiger partial charge in [0.15, 0.2) is 0 Å². The molecule has 2 aromatic rings. The fraction of sp³-hybridized carbons (Fsp3) is 0.556. The number of piperazine rings is 1. The van der Waals surface area contributed by atoms with Gasteiger partial charge in [0.2, 0.25) is 0 Å². The maximum Gasteiger partial charge on any atom is 0.322 e. The molecule has 6 heteroatoms. The summed E-state index contributed by atoms with van der Waals surface area (Å²) in [4.78, 5) is 18.2. The molecule has 2 heterocycles. The summed E-state index contributed by atoms with van der Waals surface area (Å²) >= 11 is 0. The molecule has 1 aliphatic heterocycles. The van der Waals surface area contributed by atoms with Crippen LogP contribution in [-0.4, -0.2) is 51.2 Å². The third-order valence-corrected chi connectivity index (χ3v) is 4.59. The molecule has 1 aromatic carbocycles. The van der Waals surface area contributed by atoms with Crippen LogP contribution in [0.25, 0.3) is 11.0 Å². The number of carboxylic acid groups (broad SMARTS) is 1. The Bertz CT molecular complexity index is 710. The van der Waals surface area contributed by atoms with Crippen molar-refractivity contribution in [2.75, 3.05) is 19.6 Å². The van der Waals surface area contributed by atoms with Gasteiger partial charge in [-0.25, -0.2) is 4.98 Å². The Morgan fingerprint density at radius 2 is 2.21 bits per heavy atom. The van der Waals surface area contributed by atoms with E-state index in [1.54, 1.807) is 0 Å². The lowest BCUT2D eigenvalue weighted by Crippen LogP contribution is -2.53. The largest absolute Gasteiger partial charge is 0.480 e. The van der Waals surface area contributed by atoms with Crippen LogP contribution >= 0.6 is 0 Å². The highest BCUT2D eigenvalue weighted by Gasteiger charge is 2.26. The van der Waals surface area contributed by atoms with Gasteiger partial charge in [-0.15, -0.1) is 0 Å². The van der Waals surface area contributed by atoms with Crippen LogP contribution in [0.3, 0.4) is 0 Å². The first-order chi connectivity index (χ1) is 11.5. The first kappa shape index (κ1) is 16.9. The van der Waals surface area contributed by atoms with Gasteiger partial charge in [0.05, 0.1) is 17.6 Å². The quantitative estimate of drug-likeness (QED) is 0.847. The minimum absolute atomic E-state index is 0.493. The van der Waals surface area contributed by atoms with Crippen molar-refractivity contribution in [2.24, 2.45) is 5.92 Å². The number of aliphatic carboxylic acids is 1. The number of fused-ring (bicyclic) bond motifs is 1. The van der Waals surface area contributed by atoms with Crippen molar-refractivity contribution in [3.63, 3.8) is 0 Å². The fourth-order valence-electron chi connectivity index (χ4n) is 3.20. The molecule has 24 heavy (non-hydrogen) atoms. The number of aromatic nitrogens is 2. The predicted molar refractivity (Wildman–Crippen MR) is 93.9 cm³/mol. The van der Waals surface area contributed by atoms with Crippen molar-refractivity contribution in [1.82, 2.24) is 19.8 Å². The van der Waals surface area contributed by atoms with Gasteiger partial charge in [0.1, 0.15) is 11.9 Å². The van der Waals surface area contributed by atoms with E-state index in [9.17, 15) is 9.90 Å². The van der Waals surface area contributed by atoms with Crippen molar-refractivity contribution in [1.29, 1.82) is 0 Å². The monoisotopic (exact) mass is 330 g/mol. The van der Waals surface area contributed by atoms with Gasteiger partial charge >= 0.3 is 5.97 Å². The summed E-state index contributed by atoms with van der Waals surface area (Å²) in [5.74, 6) is 0.880. The zero-order chi connectivity index (χ0) is 17.1. The molecule has 0 spiro atoms. The Morgan fingerprint density at radius 1 is 1.42 bits per heavy atom. The summed E-state index contributed by atoms with van der Waals surface area (Å²) in [7, 11) is 0. The third kappa shape index (κ3) is 3.76. The molecule has 0 saturated carbocycles. The lowest BCUT2D eigenvalue weighted by atomic mass is 10.1. The van der Waals surface area contributed by atoms with Gasteiger partial charge in [0, 0.05) is 26.2 Å². The summed E-state index contributed by atoms with van der Waals surface area (Å²) in [5.41, 5.74) is 2.18. The molecule has 1 unspecified atom stereocenters.